The van der Waals surface area contributed by atoms with Crippen LogP contribution in [0.1, 0.15) is 10.5 Å². The van der Waals surface area contributed by atoms with Gasteiger partial charge < -0.3 is 10.8 Å². The second kappa shape index (κ2) is 5.66. The Bertz CT molecular complexity index is 430. The Morgan fingerprint density at radius 3 is 2.06 bits per heavy atom. The topological polar surface area (TPSA) is 98.2 Å². The van der Waals surface area contributed by atoms with Crippen LogP contribution in [0.25, 0.3) is 0 Å². The zero-order valence-corrected chi connectivity index (χ0v) is 9.91. The van der Waals surface area contributed by atoms with Gasteiger partial charge in [-0.1, -0.05) is 0 Å². The molecule has 1 rings (SSSR count). The fraction of sp³-hybridized carbons (Fsp3) is 0.286. The lowest BCUT2D eigenvalue weighted by molar-refractivity contribution is -0.192. The molecule has 0 aromatic carbocycles. The Hall–Kier alpha value is -1.58. The van der Waals surface area contributed by atoms with Gasteiger partial charge in [-0.15, -0.1) is 0 Å². The Kier molecular flexibility index (Phi) is 5.13. The van der Waals surface area contributed by atoms with E-state index in [9.17, 15) is 18.0 Å². The molecular weight excluding hydrogens is 311 g/mol. The first-order valence-corrected chi connectivity index (χ1v) is 4.64. The Balaban J connectivity index is 0.000000325. The van der Waals surface area contributed by atoms with E-state index < -0.39 is 18.1 Å². The lowest BCUT2D eigenvalue weighted by atomic mass is 10.4. The zero-order chi connectivity index (χ0) is 13.8. The number of amides is 1. The second-order valence-electron chi connectivity index (χ2n) is 2.67. The molecule has 0 aliphatic rings. The average Bonchev–Trinajstić information content (AvgIpc) is 2.44. The summed E-state index contributed by atoms with van der Waals surface area (Å²) in [6, 6.07) is 0. The maximum Gasteiger partial charge on any atom is 0.490 e. The van der Waals surface area contributed by atoms with Gasteiger partial charge in [0.05, 0.1) is 4.47 Å². The zero-order valence-electron chi connectivity index (χ0n) is 8.32. The summed E-state index contributed by atoms with van der Waals surface area (Å²) in [5, 5.41) is 10.9. The predicted molar refractivity (Wildman–Crippen MR) is 53.1 cm³/mol. The van der Waals surface area contributed by atoms with Crippen molar-refractivity contribution in [2.24, 2.45) is 12.8 Å². The fourth-order valence-corrected chi connectivity index (χ4v) is 1.20. The number of carboxylic acids is 1. The van der Waals surface area contributed by atoms with Crippen molar-refractivity contribution in [2.45, 2.75) is 6.18 Å². The molecule has 0 unspecified atom stereocenters. The standard InChI is InChI=1S/C5H6BrN3O.C2HF3O2/c1-9-2-3(6)4(8-9)5(7)10;3-2(4,5)1(6)7/h2H,1H3,(H2,7,10);(H,6,7). The average molecular weight is 318 g/mol. The van der Waals surface area contributed by atoms with Gasteiger partial charge in [-0.25, -0.2) is 4.79 Å². The third kappa shape index (κ3) is 5.33. The Morgan fingerprint density at radius 2 is 1.94 bits per heavy atom. The van der Waals surface area contributed by atoms with Crippen LogP contribution >= 0.6 is 15.9 Å². The van der Waals surface area contributed by atoms with Gasteiger partial charge in [0.15, 0.2) is 5.69 Å². The molecule has 0 saturated heterocycles. The highest BCUT2D eigenvalue weighted by Crippen LogP contribution is 2.13. The number of aromatic nitrogens is 2. The predicted octanol–water partition coefficient (Wildman–Crippen LogP) is 0.915. The molecule has 0 fully saturated rings. The summed E-state index contributed by atoms with van der Waals surface area (Å²) in [6.07, 6.45) is -3.42. The van der Waals surface area contributed by atoms with Gasteiger partial charge in [0.2, 0.25) is 0 Å². The Labute approximate surface area is 101 Å². The lowest BCUT2D eigenvalue weighted by Gasteiger charge is -1.93. The van der Waals surface area contributed by atoms with E-state index in [2.05, 4.69) is 21.0 Å². The first-order chi connectivity index (χ1) is 7.55. The van der Waals surface area contributed by atoms with E-state index >= 15 is 0 Å². The van der Waals surface area contributed by atoms with Crippen LogP contribution in [0, 0.1) is 0 Å². The third-order valence-corrected chi connectivity index (χ3v) is 1.84. The van der Waals surface area contributed by atoms with Crippen LogP contribution in [0.3, 0.4) is 0 Å². The Morgan fingerprint density at radius 1 is 1.53 bits per heavy atom. The van der Waals surface area contributed by atoms with Gasteiger partial charge >= 0.3 is 12.1 Å². The first kappa shape index (κ1) is 15.4. The van der Waals surface area contributed by atoms with Crippen molar-refractivity contribution in [1.82, 2.24) is 9.78 Å². The number of rotatable bonds is 1. The SMILES string of the molecule is Cn1cc(Br)c(C(N)=O)n1.O=C(O)C(F)(F)F. The fourth-order valence-electron chi connectivity index (χ4n) is 0.627. The number of alkyl halides is 3. The summed E-state index contributed by atoms with van der Waals surface area (Å²) in [5.41, 5.74) is 5.25. The number of aryl methyl sites for hydroxylation is 1. The molecule has 0 aliphatic heterocycles. The molecule has 1 heterocycles. The number of hydrogen-bond acceptors (Lipinski definition) is 3. The number of hydrogen-bond donors (Lipinski definition) is 2. The number of carbonyl (C=O) groups is 2. The van der Waals surface area contributed by atoms with Gasteiger partial charge in [0, 0.05) is 13.2 Å². The molecule has 1 aromatic rings. The minimum Gasteiger partial charge on any atom is -0.475 e. The maximum absolute atomic E-state index is 10.6. The van der Waals surface area contributed by atoms with Crippen LogP contribution in [0.2, 0.25) is 0 Å². The highest BCUT2D eigenvalue weighted by atomic mass is 79.9. The van der Waals surface area contributed by atoms with Crippen LogP contribution in [0.15, 0.2) is 10.7 Å². The molecule has 0 spiro atoms. The van der Waals surface area contributed by atoms with Crippen molar-refractivity contribution in [2.75, 3.05) is 0 Å². The minimum absolute atomic E-state index is 0.266. The molecule has 0 radical (unpaired) electrons. The van der Waals surface area contributed by atoms with Crippen molar-refractivity contribution in [1.29, 1.82) is 0 Å². The summed E-state index contributed by atoms with van der Waals surface area (Å²) in [4.78, 5) is 19.4. The van der Waals surface area contributed by atoms with E-state index in [1.165, 1.54) is 4.68 Å². The maximum atomic E-state index is 10.6. The smallest absolute Gasteiger partial charge is 0.475 e. The third-order valence-electron chi connectivity index (χ3n) is 1.26. The molecule has 1 amide bonds. The highest BCUT2D eigenvalue weighted by Gasteiger charge is 2.38. The molecular formula is C7H7BrF3N3O3. The van der Waals surface area contributed by atoms with Crippen molar-refractivity contribution in [3.05, 3.63) is 16.4 Å². The summed E-state index contributed by atoms with van der Waals surface area (Å²) in [5.74, 6) is -3.28. The molecule has 0 bridgehead atoms. The molecule has 0 atom stereocenters. The number of carboxylic acid groups (broad SMARTS) is 1. The van der Waals surface area contributed by atoms with Crippen LogP contribution < -0.4 is 5.73 Å². The second-order valence-corrected chi connectivity index (χ2v) is 3.52. The van der Waals surface area contributed by atoms with Crippen LogP contribution in [-0.4, -0.2) is 32.9 Å². The van der Waals surface area contributed by atoms with Crippen molar-refractivity contribution < 1.29 is 27.9 Å². The normalized spacial score (nSPS) is 10.4. The molecule has 1 aromatic heterocycles. The number of nitrogens with two attached hydrogens (primary N) is 1. The van der Waals surface area contributed by atoms with E-state index in [4.69, 9.17) is 15.6 Å². The number of carbonyl (C=O) groups excluding carboxylic acids is 1. The van der Waals surface area contributed by atoms with Gasteiger partial charge in [-0.2, -0.15) is 18.3 Å². The first-order valence-electron chi connectivity index (χ1n) is 3.84. The molecule has 17 heavy (non-hydrogen) atoms. The molecule has 0 saturated carbocycles. The van der Waals surface area contributed by atoms with Crippen molar-refractivity contribution in [3.8, 4) is 0 Å². The van der Waals surface area contributed by atoms with E-state index in [1.54, 1.807) is 13.2 Å². The van der Waals surface area contributed by atoms with Crippen LogP contribution in [-0.2, 0) is 11.8 Å². The molecule has 6 nitrogen and oxygen atoms in total. The number of primary amides is 1. The van der Waals surface area contributed by atoms with Gasteiger partial charge in [-0.05, 0) is 15.9 Å². The largest absolute Gasteiger partial charge is 0.490 e. The van der Waals surface area contributed by atoms with Crippen molar-refractivity contribution in [3.63, 3.8) is 0 Å². The number of halogens is 4. The molecule has 0 aliphatic carbocycles. The minimum atomic E-state index is -5.08. The van der Waals surface area contributed by atoms with Gasteiger partial charge in [0.25, 0.3) is 5.91 Å². The van der Waals surface area contributed by atoms with Crippen LogP contribution in [0.5, 0.6) is 0 Å². The van der Waals surface area contributed by atoms with Gasteiger partial charge in [-0.3, -0.25) is 9.48 Å². The van der Waals surface area contributed by atoms with Crippen molar-refractivity contribution >= 4 is 27.8 Å². The van der Waals surface area contributed by atoms with E-state index in [1.807, 2.05) is 0 Å². The summed E-state index contributed by atoms with van der Waals surface area (Å²) < 4.78 is 33.9. The summed E-state index contributed by atoms with van der Waals surface area (Å²) in [6.45, 7) is 0. The van der Waals surface area contributed by atoms with E-state index in [-0.39, 0.29) is 5.69 Å². The summed E-state index contributed by atoms with van der Waals surface area (Å²) in [7, 11) is 1.72. The number of nitrogens with zero attached hydrogens (tertiary/aromatic N) is 2. The van der Waals surface area contributed by atoms with Gasteiger partial charge in [0.1, 0.15) is 0 Å². The van der Waals surface area contributed by atoms with E-state index in [0.717, 1.165) is 0 Å². The molecule has 10 heteroatoms. The number of aliphatic carboxylic acids is 1. The van der Waals surface area contributed by atoms with Crippen LogP contribution in [0.4, 0.5) is 13.2 Å². The monoisotopic (exact) mass is 317 g/mol. The molecule has 96 valence electrons. The summed E-state index contributed by atoms with van der Waals surface area (Å²) >= 11 is 3.13. The lowest BCUT2D eigenvalue weighted by Crippen LogP contribution is -2.21. The molecule has 3 N–H and O–H groups in total. The van der Waals surface area contributed by atoms with E-state index in [0.29, 0.717) is 4.47 Å². The highest BCUT2D eigenvalue weighted by molar-refractivity contribution is 9.10. The quantitative estimate of drug-likeness (QED) is 0.804.